The van der Waals surface area contributed by atoms with Gasteiger partial charge < -0.3 is 10.6 Å². The third-order valence-corrected chi connectivity index (χ3v) is 2.69. The number of hydrogen-bond acceptors (Lipinski definition) is 3. The molecule has 0 rings (SSSR count). The molecule has 0 unspecified atom stereocenters. The number of unbranched alkanes of at least 4 members (excludes halogenated alkanes) is 2. The van der Waals surface area contributed by atoms with Crippen molar-refractivity contribution in [2.75, 3.05) is 19.3 Å². The highest BCUT2D eigenvalue weighted by Crippen LogP contribution is 2.02. The fraction of sp³-hybridized carbons (Fsp3) is 0.750. The maximum Gasteiger partial charge on any atom is 0.219 e. The number of thiol groups is 1. The standard InChI is InChI=1S/C12H24N2OS/c1-11(7-6-10-16)14-9-5-3-4-8-12(15)13-2/h14,16H,1,3-10H2,2H3,(H,13,15). The summed E-state index contributed by atoms with van der Waals surface area (Å²) in [6.45, 7) is 4.90. The fourth-order valence-electron chi connectivity index (χ4n) is 1.36. The Balaban J connectivity index is 3.20. The average Bonchev–Trinajstić information content (AvgIpc) is 2.30. The van der Waals surface area contributed by atoms with Crippen molar-refractivity contribution in [2.45, 2.75) is 38.5 Å². The van der Waals surface area contributed by atoms with Gasteiger partial charge in [0.05, 0.1) is 0 Å². The van der Waals surface area contributed by atoms with Crippen LogP contribution >= 0.6 is 12.6 Å². The van der Waals surface area contributed by atoms with Crippen molar-refractivity contribution in [3.8, 4) is 0 Å². The van der Waals surface area contributed by atoms with Crippen LogP contribution in [0.25, 0.3) is 0 Å². The molecule has 4 heteroatoms. The van der Waals surface area contributed by atoms with E-state index in [0.29, 0.717) is 6.42 Å². The van der Waals surface area contributed by atoms with Gasteiger partial charge >= 0.3 is 0 Å². The van der Waals surface area contributed by atoms with E-state index < -0.39 is 0 Å². The second-order valence-corrected chi connectivity index (χ2v) is 4.29. The second kappa shape index (κ2) is 10.9. The van der Waals surface area contributed by atoms with E-state index in [1.165, 1.54) is 0 Å². The molecule has 0 radical (unpaired) electrons. The molecule has 0 aliphatic rings. The lowest BCUT2D eigenvalue weighted by Crippen LogP contribution is -2.17. The van der Waals surface area contributed by atoms with E-state index >= 15 is 0 Å². The van der Waals surface area contributed by atoms with E-state index in [4.69, 9.17) is 0 Å². The van der Waals surface area contributed by atoms with Crippen LogP contribution in [0.5, 0.6) is 0 Å². The third-order valence-electron chi connectivity index (χ3n) is 2.37. The lowest BCUT2D eigenvalue weighted by Gasteiger charge is -2.08. The Labute approximate surface area is 104 Å². The van der Waals surface area contributed by atoms with Crippen molar-refractivity contribution in [1.29, 1.82) is 0 Å². The van der Waals surface area contributed by atoms with Crippen LogP contribution in [0.3, 0.4) is 0 Å². The smallest absolute Gasteiger partial charge is 0.219 e. The molecule has 0 bridgehead atoms. The summed E-state index contributed by atoms with van der Waals surface area (Å²) in [5.41, 5.74) is 1.10. The highest BCUT2D eigenvalue weighted by molar-refractivity contribution is 7.80. The molecule has 0 saturated heterocycles. The van der Waals surface area contributed by atoms with Crippen molar-refractivity contribution < 1.29 is 4.79 Å². The van der Waals surface area contributed by atoms with Gasteiger partial charge in [0.2, 0.25) is 5.91 Å². The highest BCUT2D eigenvalue weighted by Gasteiger charge is 1.97. The molecule has 3 nitrogen and oxygen atoms in total. The van der Waals surface area contributed by atoms with E-state index in [1.807, 2.05) is 0 Å². The normalized spacial score (nSPS) is 9.88. The van der Waals surface area contributed by atoms with E-state index in [0.717, 1.165) is 50.1 Å². The summed E-state index contributed by atoms with van der Waals surface area (Å²) in [6, 6.07) is 0. The molecule has 1 amide bonds. The number of hydrogen-bond donors (Lipinski definition) is 3. The second-order valence-electron chi connectivity index (χ2n) is 3.84. The van der Waals surface area contributed by atoms with Crippen LogP contribution in [-0.4, -0.2) is 25.3 Å². The maximum atomic E-state index is 10.9. The lowest BCUT2D eigenvalue weighted by molar-refractivity contribution is -0.120. The van der Waals surface area contributed by atoms with Crippen molar-refractivity contribution in [2.24, 2.45) is 0 Å². The summed E-state index contributed by atoms with van der Waals surface area (Å²) in [5, 5.41) is 5.91. The van der Waals surface area contributed by atoms with Crippen molar-refractivity contribution >= 4 is 18.5 Å². The van der Waals surface area contributed by atoms with Crippen LogP contribution in [-0.2, 0) is 4.79 Å². The van der Waals surface area contributed by atoms with Gasteiger partial charge in [0, 0.05) is 25.7 Å². The Morgan fingerprint density at radius 1 is 1.19 bits per heavy atom. The average molecular weight is 244 g/mol. The van der Waals surface area contributed by atoms with E-state index in [-0.39, 0.29) is 5.91 Å². The lowest BCUT2D eigenvalue weighted by atomic mass is 10.2. The summed E-state index contributed by atoms with van der Waals surface area (Å²) >= 11 is 4.15. The molecule has 2 N–H and O–H groups in total. The van der Waals surface area contributed by atoms with E-state index in [2.05, 4.69) is 29.8 Å². The van der Waals surface area contributed by atoms with Gasteiger partial charge in [0.25, 0.3) is 0 Å². The molecule has 0 atom stereocenters. The molecule has 0 heterocycles. The summed E-state index contributed by atoms with van der Waals surface area (Å²) < 4.78 is 0. The number of amides is 1. The van der Waals surface area contributed by atoms with Crippen LogP contribution in [0.4, 0.5) is 0 Å². The molecule has 0 aromatic rings. The molecular weight excluding hydrogens is 220 g/mol. The highest BCUT2D eigenvalue weighted by atomic mass is 32.1. The van der Waals surface area contributed by atoms with Gasteiger partial charge in [-0.3, -0.25) is 4.79 Å². The first kappa shape index (κ1) is 15.4. The first-order valence-electron chi connectivity index (χ1n) is 5.93. The Morgan fingerprint density at radius 3 is 2.56 bits per heavy atom. The molecule has 0 fully saturated rings. The molecule has 0 aromatic heterocycles. The van der Waals surface area contributed by atoms with Gasteiger partial charge in [-0.15, -0.1) is 0 Å². The van der Waals surface area contributed by atoms with Gasteiger partial charge in [-0.2, -0.15) is 12.6 Å². The number of allylic oxidation sites excluding steroid dienone is 1. The number of rotatable bonds is 10. The van der Waals surface area contributed by atoms with Crippen LogP contribution in [0.2, 0.25) is 0 Å². The molecule has 0 saturated carbocycles. The van der Waals surface area contributed by atoms with Gasteiger partial charge in [-0.05, 0) is 31.4 Å². The zero-order valence-electron chi connectivity index (χ0n) is 10.2. The van der Waals surface area contributed by atoms with Gasteiger partial charge in [0.15, 0.2) is 0 Å². The minimum Gasteiger partial charge on any atom is -0.389 e. The largest absolute Gasteiger partial charge is 0.389 e. The number of nitrogens with one attached hydrogen (secondary N) is 2. The Morgan fingerprint density at radius 2 is 1.94 bits per heavy atom. The quantitative estimate of drug-likeness (QED) is 0.407. The van der Waals surface area contributed by atoms with Gasteiger partial charge in [-0.25, -0.2) is 0 Å². The maximum absolute atomic E-state index is 10.9. The van der Waals surface area contributed by atoms with Gasteiger partial charge in [0.1, 0.15) is 0 Å². The van der Waals surface area contributed by atoms with Crippen molar-refractivity contribution in [3.63, 3.8) is 0 Å². The zero-order valence-corrected chi connectivity index (χ0v) is 11.1. The molecule has 0 aliphatic carbocycles. The van der Waals surface area contributed by atoms with E-state index in [9.17, 15) is 4.79 Å². The summed E-state index contributed by atoms with van der Waals surface area (Å²) in [4.78, 5) is 10.9. The Kier molecular flexibility index (Phi) is 10.4. The molecule has 0 aliphatic heterocycles. The van der Waals surface area contributed by atoms with Crippen LogP contribution < -0.4 is 10.6 Å². The molecule has 0 spiro atoms. The predicted molar refractivity (Wildman–Crippen MR) is 72.8 cm³/mol. The summed E-state index contributed by atoms with van der Waals surface area (Å²) in [7, 11) is 1.68. The third kappa shape index (κ3) is 9.90. The Hall–Kier alpha value is -0.640. The monoisotopic (exact) mass is 244 g/mol. The fourth-order valence-corrected chi connectivity index (χ4v) is 1.52. The van der Waals surface area contributed by atoms with E-state index in [1.54, 1.807) is 7.05 Å². The SMILES string of the molecule is C=C(CCCS)NCCCCCC(=O)NC. The van der Waals surface area contributed by atoms with Gasteiger partial charge in [-0.1, -0.05) is 13.0 Å². The predicted octanol–water partition coefficient (Wildman–Crippen LogP) is 2.11. The zero-order chi connectivity index (χ0) is 12.2. The number of carbonyl (C=O) groups excluding carboxylic acids is 1. The molecule has 16 heavy (non-hydrogen) atoms. The molecular formula is C12H24N2OS. The topological polar surface area (TPSA) is 41.1 Å². The summed E-state index contributed by atoms with van der Waals surface area (Å²) in [5.74, 6) is 1.04. The Bertz CT molecular complexity index is 207. The minimum atomic E-state index is 0.131. The summed E-state index contributed by atoms with van der Waals surface area (Å²) in [6.07, 6.45) is 5.85. The van der Waals surface area contributed by atoms with Crippen molar-refractivity contribution in [3.05, 3.63) is 12.3 Å². The van der Waals surface area contributed by atoms with Crippen LogP contribution in [0, 0.1) is 0 Å². The molecule has 94 valence electrons. The van der Waals surface area contributed by atoms with Crippen molar-refractivity contribution in [1.82, 2.24) is 10.6 Å². The minimum absolute atomic E-state index is 0.131. The first-order valence-corrected chi connectivity index (χ1v) is 6.57. The molecule has 0 aromatic carbocycles. The number of carbonyl (C=O) groups is 1. The first-order chi connectivity index (χ1) is 7.70. The van der Waals surface area contributed by atoms with Crippen LogP contribution in [0.15, 0.2) is 12.3 Å². The van der Waals surface area contributed by atoms with Crippen LogP contribution in [0.1, 0.15) is 38.5 Å².